The highest BCUT2D eigenvalue weighted by Crippen LogP contribution is 2.63. The lowest BCUT2D eigenvalue weighted by Gasteiger charge is -2.59. The number of aliphatic hydroxyl groups is 1. The molecule has 2 aliphatic carbocycles. The summed E-state index contributed by atoms with van der Waals surface area (Å²) in [4.78, 5) is 88.5. The molecule has 16 nitrogen and oxygen atoms in total. The Morgan fingerprint density at radius 2 is 1.33 bits per heavy atom. The first-order chi connectivity index (χ1) is 22.3. The van der Waals surface area contributed by atoms with E-state index in [1.165, 1.54) is 32.1 Å². The van der Waals surface area contributed by atoms with Crippen molar-refractivity contribution in [3.8, 4) is 0 Å². The first-order valence-corrected chi connectivity index (χ1v) is 15.2. The number of ether oxygens (including phenoxy) is 8. The molecule has 16 heteroatoms. The quantitative estimate of drug-likeness (QED) is 0.219. The fourth-order valence-corrected chi connectivity index (χ4v) is 7.29. The molecule has 2 heterocycles. The standard InChI is InChI=1S/C32H40O16/c1-14-29(39)48-23-11-21(12-41-15(2)33)9-10-22(43-16(3)34)30(8)25(28(32(14,23)40)47-20(7)38)31(13-42-31)27(46-19(6)37)24(44-17(4)35)26(30)45-18(5)36/h9-11,14,22-28,40H,12-13H2,1-8H3/t14-,22-,23-,24+,25+,26-,27+,28-,30+,31-,32-/m0/s1. The Kier molecular flexibility index (Phi) is 10.1. The summed E-state index contributed by atoms with van der Waals surface area (Å²) in [6.45, 7) is 8.75. The van der Waals surface area contributed by atoms with Crippen LogP contribution >= 0.6 is 0 Å². The molecule has 0 amide bonds. The Balaban J connectivity index is 2.16. The summed E-state index contributed by atoms with van der Waals surface area (Å²) < 4.78 is 45.8. The van der Waals surface area contributed by atoms with Gasteiger partial charge < -0.3 is 43.0 Å². The van der Waals surface area contributed by atoms with E-state index in [-0.39, 0.29) is 18.8 Å². The van der Waals surface area contributed by atoms with E-state index >= 15 is 0 Å². The molecule has 3 fully saturated rings. The SMILES string of the molecule is CC(=O)OCC1=C[C@@H]2OC(=O)[C@H](C)[C@@]2(O)[C@@H](OC(C)=O)[C@H]2[C@@]3(CO3)[C@H](OC(C)=O)[C@H](OC(C)=O)[C@H](OC(C)=O)[C@]2(C)[C@@H](OC(C)=O)C=C1. The second-order valence-electron chi connectivity index (χ2n) is 12.6. The molecule has 11 atom stereocenters. The maximum Gasteiger partial charge on any atom is 0.312 e. The second-order valence-corrected chi connectivity index (χ2v) is 12.6. The van der Waals surface area contributed by atoms with Crippen molar-refractivity contribution in [3.05, 3.63) is 23.8 Å². The van der Waals surface area contributed by atoms with Crippen molar-refractivity contribution < 1.29 is 76.6 Å². The number of carbonyl (C=O) groups excluding carboxylic acids is 7. The van der Waals surface area contributed by atoms with Gasteiger partial charge in [-0.1, -0.05) is 13.0 Å². The van der Waals surface area contributed by atoms with E-state index in [1.54, 1.807) is 0 Å². The van der Waals surface area contributed by atoms with Crippen molar-refractivity contribution in [1.82, 2.24) is 0 Å². The largest absolute Gasteiger partial charge is 0.461 e. The van der Waals surface area contributed by atoms with Gasteiger partial charge in [0.1, 0.15) is 24.4 Å². The van der Waals surface area contributed by atoms with Crippen LogP contribution in [0.3, 0.4) is 0 Å². The van der Waals surface area contributed by atoms with Crippen molar-refractivity contribution in [2.75, 3.05) is 13.2 Å². The van der Waals surface area contributed by atoms with Crippen LogP contribution in [0, 0.1) is 17.3 Å². The van der Waals surface area contributed by atoms with Gasteiger partial charge >= 0.3 is 41.8 Å². The number of rotatable bonds is 7. The van der Waals surface area contributed by atoms with Crippen LogP contribution in [0.1, 0.15) is 55.4 Å². The van der Waals surface area contributed by atoms with Gasteiger partial charge in [0.25, 0.3) is 0 Å². The van der Waals surface area contributed by atoms with Gasteiger partial charge in [0, 0.05) is 47.5 Å². The molecule has 48 heavy (non-hydrogen) atoms. The van der Waals surface area contributed by atoms with Crippen LogP contribution < -0.4 is 0 Å². The van der Waals surface area contributed by atoms with E-state index < -0.39 is 107 Å². The van der Waals surface area contributed by atoms with Crippen molar-refractivity contribution in [2.45, 2.75) is 103 Å². The number of epoxide rings is 1. The molecule has 1 spiro atoms. The van der Waals surface area contributed by atoms with Crippen molar-refractivity contribution >= 4 is 41.8 Å². The third kappa shape index (κ3) is 6.55. The number of esters is 7. The molecule has 1 N–H and O–H groups in total. The Labute approximate surface area is 275 Å². The molecule has 2 saturated heterocycles. The predicted molar refractivity (Wildman–Crippen MR) is 156 cm³/mol. The van der Waals surface area contributed by atoms with Crippen molar-refractivity contribution in [3.63, 3.8) is 0 Å². The van der Waals surface area contributed by atoms with Gasteiger partial charge in [0.05, 0.1) is 17.9 Å². The van der Waals surface area contributed by atoms with E-state index in [1.807, 2.05) is 0 Å². The molecule has 4 rings (SSSR count). The van der Waals surface area contributed by atoms with Crippen LogP contribution in [0.5, 0.6) is 0 Å². The number of hydrogen-bond donors (Lipinski definition) is 1. The van der Waals surface area contributed by atoms with Gasteiger partial charge in [-0.05, 0) is 24.6 Å². The van der Waals surface area contributed by atoms with Gasteiger partial charge in [-0.25, -0.2) is 0 Å². The first kappa shape index (κ1) is 36.5. The lowest BCUT2D eigenvalue weighted by molar-refractivity contribution is -0.279. The minimum atomic E-state index is -2.42. The topological polar surface area (TPSA) is 217 Å². The maximum absolute atomic E-state index is 13.2. The van der Waals surface area contributed by atoms with Crippen LogP contribution in [0.15, 0.2) is 23.8 Å². The summed E-state index contributed by atoms with van der Waals surface area (Å²) in [6, 6.07) is 0. The molecule has 0 aromatic rings. The third-order valence-corrected chi connectivity index (χ3v) is 9.25. The highest BCUT2D eigenvalue weighted by atomic mass is 16.7. The molecule has 4 aliphatic rings. The lowest BCUT2D eigenvalue weighted by atomic mass is 9.51. The molecule has 2 aliphatic heterocycles. The Morgan fingerprint density at radius 3 is 1.83 bits per heavy atom. The Hall–Kier alpha value is -4.31. The summed E-state index contributed by atoms with van der Waals surface area (Å²) in [6.07, 6.45) is -5.49. The van der Waals surface area contributed by atoms with Gasteiger partial charge in [-0.15, -0.1) is 0 Å². The van der Waals surface area contributed by atoms with Crippen LogP contribution in [0.4, 0.5) is 0 Å². The van der Waals surface area contributed by atoms with Crippen LogP contribution in [-0.2, 0) is 71.5 Å². The van der Waals surface area contributed by atoms with Crippen molar-refractivity contribution in [1.29, 1.82) is 0 Å². The number of fused-ring (bicyclic) bond motifs is 3. The van der Waals surface area contributed by atoms with E-state index in [4.69, 9.17) is 37.9 Å². The normalized spacial score (nSPS) is 38.2. The Morgan fingerprint density at radius 1 is 0.812 bits per heavy atom. The molecule has 0 unspecified atom stereocenters. The fourth-order valence-electron chi connectivity index (χ4n) is 7.29. The summed E-state index contributed by atoms with van der Waals surface area (Å²) >= 11 is 0. The van der Waals surface area contributed by atoms with Gasteiger partial charge in [-0.2, -0.15) is 0 Å². The highest BCUT2D eigenvalue weighted by Gasteiger charge is 2.81. The minimum absolute atomic E-state index is 0.169. The first-order valence-electron chi connectivity index (χ1n) is 15.2. The molecular formula is C32H40O16. The number of carbonyl (C=O) groups is 7. The zero-order chi connectivity index (χ0) is 35.9. The molecule has 1 saturated carbocycles. The number of hydrogen-bond acceptors (Lipinski definition) is 16. The zero-order valence-corrected chi connectivity index (χ0v) is 27.8. The van der Waals surface area contributed by atoms with Crippen LogP contribution in [-0.4, -0.2) is 108 Å². The van der Waals surface area contributed by atoms with Crippen LogP contribution in [0.25, 0.3) is 0 Å². The fraction of sp³-hybridized carbons (Fsp3) is 0.656. The summed E-state index contributed by atoms with van der Waals surface area (Å²) in [5.41, 5.74) is -5.88. The molecular weight excluding hydrogens is 640 g/mol. The Bertz CT molecular complexity index is 1440. The van der Waals surface area contributed by atoms with Crippen LogP contribution in [0.2, 0.25) is 0 Å². The van der Waals surface area contributed by atoms with Crippen molar-refractivity contribution in [2.24, 2.45) is 17.3 Å². The lowest BCUT2D eigenvalue weighted by Crippen LogP contribution is -2.76. The third-order valence-electron chi connectivity index (χ3n) is 9.25. The summed E-state index contributed by atoms with van der Waals surface area (Å²) in [5, 5.41) is 12.7. The molecule has 264 valence electrons. The highest BCUT2D eigenvalue weighted by molar-refractivity contribution is 5.78. The van der Waals surface area contributed by atoms with Gasteiger partial charge in [-0.3, -0.25) is 33.6 Å². The van der Waals surface area contributed by atoms with Gasteiger partial charge in [0.2, 0.25) is 0 Å². The monoisotopic (exact) mass is 680 g/mol. The summed E-state index contributed by atoms with van der Waals surface area (Å²) in [5.74, 6) is -8.72. The smallest absolute Gasteiger partial charge is 0.312 e. The van der Waals surface area contributed by atoms with E-state index in [0.717, 1.165) is 41.5 Å². The van der Waals surface area contributed by atoms with Gasteiger partial charge in [0.15, 0.2) is 30.0 Å². The minimum Gasteiger partial charge on any atom is -0.461 e. The molecule has 0 bridgehead atoms. The van der Waals surface area contributed by atoms with E-state index in [2.05, 4.69) is 0 Å². The molecule has 0 aromatic carbocycles. The average molecular weight is 681 g/mol. The van der Waals surface area contributed by atoms with E-state index in [0.29, 0.717) is 0 Å². The average Bonchev–Trinajstić information content (AvgIpc) is 3.71. The zero-order valence-electron chi connectivity index (χ0n) is 27.8. The maximum atomic E-state index is 13.2. The predicted octanol–water partition coefficient (Wildman–Crippen LogP) is 0.402. The molecule has 0 aromatic heterocycles. The van der Waals surface area contributed by atoms with E-state index in [9.17, 15) is 38.7 Å². The molecule has 0 radical (unpaired) electrons. The second kappa shape index (κ2) is 13.3. The summed E-state index contributed by atoms with van der Waals surface area (Å²) in [7, 11) is 0.